The Kier molecular flexibility index (Phi) is 4.64. The van der Waals surface area contributed by atoms with Crippen LogP contribution in [0, 0.1) is 0 Å². The molecule has 0 bridgehead atoms. The van der Waals surface area contributed by atoms with Crippen LogP contribution in [0.25, 0.3) is 0 Å². The maximum Gasteiger partial charge on any atom is 0.188 e. The average Bonchev–Trinajstić information content (AvgIpc) is 2.16. The second-order valence-electron chi connectivity index (χ2n) is 2.28. The van der Waals surface area contributed by atoms with E-state index < -0.39 is 0 Å². The lowest BCUT2D eigenvalue weighted by Gasteiger charge is -2.06. The topological polar surface area (TPSA) is 27.7 Å². The molecule has 0 aliphatic heterocycles. The molecule has 0 amide bonds. The van der Waals surface area contributed by atoms with Gasteiger partial charge in [0.1, 0.15) is 17.0 Å². The van der Waals surface area contributed by atoms with Gasteiger partial charge in [0.05, 0.1) is 0 Å². The van der Waals surface area contributed by atoms with E-state index in [1.54, 1.807) is 13.2 Å². The Bertz CT molecular complexity index is 252. The van der Waals surface area contributed by atoms with Gasteiger partial charge in [-0.1, -0.05) is 6.07 Å². The first-order chi connectivity index (χ1) is 6.36. The van der Waals surface area contributed by atoms with Crippen LogP contribution in [-0.4, -0.2) is 19.4 Å². The molecule has 0 heterocycles. The Morgan fingerprint density at radius 2 is 1.92 bits per heavy atom. The third kappa shape index (κ3) is 3.65. The van der Waals surface area contributed by atoms with Gasteiger partial charge in [-0.25, -0.2) is 0 Å². The first-order valence-corrected chi connectivity index (χ1v) is 4.89. The lowest BCUT2D eigenvalue weighted by atomic mass is 10.3. The molecule has 4 heteroatoms. The maximum absolute atomic E-state index is 5.22. The minimum absolute atomic E-state index is 0.248. The highest BCUT2D eigenvalue weighted by atomic mass is 79.9. The summed E-state index contributed by atoms with van der Waals surface area (Å²) in [6, 6.07) is 7.38. The third-order valence-corrected chi connectivity index (χ3v) is 1.60. The van der Waals surface area contributed by atoms with Gasteiger partial charge in [-0.3, -0.25) is 0 Å². The number of methoxy groups -OCH3 is 1. The largest absolute Gasteiger partial charge is 0.482 e. The number of alkyl halides is 1. The Morgan fingerprint density at radius 1 is 1.23 bits per heavy atom. The summed E-state index contributed by atoms with van der Waals surface area (Å²) in [5, 5.41) is 0. The van der Waals surface area contributed by atoms with E-state index in [9.17, 15) is 0 Å². The summed E-state index contributed by atoms with van der Waals surface area (Å²) < 4.78 is 15.2. The molecular formula is C9H11BrO3. The molecule has 3 nitrogen and oxygen atoms in total. The predicted molar refractivity (Wildman–Crippen MR) is 53.4 cm³/mol. The van der Waals surface area contributed by atoms with Crippen molar-refractivity contribution in [2.45, 2.75) is 0 Å². The van der Waals surface area contributed by atoms with Crippen LogP contribution < -0.4 is 9.47 Å². The Balaban J connectivity index is 2.56. The molecule has 1 rings (SSSR count). The molecule has 0 unspecified atom stereocenters. The van der Waals surface area contributed by atoms with Crippen LogP contribution in [-0.2, 0) is 4.74 Å². The molecule has 0 atom stereocenters. The zero-order valence-electron chi connectivity index (χ0n) is 7.33. The molecule has 0 radical (unpaired) electrons. The lowest BCUT2D eigenvalue weighted by molar-refractivity contribution is 0.0510. The molecule has 0 fully saturated rings. The van der Waals surface area contributed by atoms with Gasteiger partial charge >= 0.3 is 0 Å². The van der Waals surface area contributed by atoms with E-state index in [4.69, 9.17) is 14.2 Å². The van der Waals surface area contributed by atoms with E-state index in [-0.39, 0.29) is 6.79 Å². The lowest BCUT2D eigenvalue weighted by Crippen LogP contribution is -1.98. The van der Waals surface area contributed by atoms with Gasteiger partial charge in [0.15, 0.2) is 6.79 Å². The van der Waals surface area contributed by atoms with Crippen molar-refractivity contribution in [3.8, 4) is 11.5 Å². The van der Waals surface area contributed by atoms with E-state index in [0.29, 0.717) is 5.52 Å². The summed E-state index contributed by atoms with van der Waals surface area (Å²) in [6.07, 6.45) is 0. The van der Waals surface area contributed by atoms with Crippen molar-refractivity contribution in [3.05, 3.63) is 24.3 Å². The monoisotopic (exact) mass is 246 g/mol. The Hall–Kier alpha value is -0.740. The van der Waals surface area contributed by atoms with Gasteiger partial charge in [-0.05, 0) is 28.1 Å². The molecule has 1 aromatic rings. The molecule has 0 spiro atoms. The molecule has 0 aromatic heterocycles. The fraction of sp³-hybridized carbons (Fsp3) is 0.333. The molecule has 0 aliphatic carbocycles. The van der Waals surface area contributed by atoms with Gasteiger partial charge < -0.3 is 14.2 Å². The minimum atomic E-state index is 0.248. The van der Waals surface area contributed by atoms with Crippen LogP contribution in [0.3, 0.4) is 0 Å². The summed E-state index contributed by atoms with van der Waals surface area (Å²) in [6.45, 7) is 0.248. The van der Waals surface area contributed by atoms with Crippen molar-refractivity contribution in [1.82, 2.24) is 0 Å². The zero-order valence-corrected chi connectivity index (χ0v) is 8.91. The van der Waals surface area contributed by atoms with Crippen molar-refractivity contribution in [2.24, 2.45) is 0 Å². The first-order valence-electron chi connectivity index (χ1n) is 3.77. The van der Waals surface area contributed by atoms with Crippen molar-refractivity contribution in [2.75, 3.05) is 19.4 Å². The Morgan fingerprint density at radius 3 is 2.54 bits per heavy atom. The fourth-order valence-corrected chi connectivity index (χ4v) is 1.11. The van der Waals surface area contributed by atoms with Gasteiger partial charge in [0.25, 0.3) is 0 Å². The van der Waals surface area contributed by atoms with E-state index in [2.05, 4.69) is 15.9 Å². The van der Waals surface area contributed by atoms with Crippen molar-refractivity contribution in [3.63, 3.8) is 0 Å². The molecule has 0 saturated carbocycles. The van der Waals surface area contributed by atoms with E-state index in [0.717, 1.165) is 11.5 Å². The Labute approximate surface area is 85.7 Å². The highest BCUT2D eigenvalue weighted by Crippen LogP contribution is 2.19. The summed E-state index contributed by atoms with van der Waals surface area (Å²) in [5.41, 5.74) is 0.473. The van der Waals surface area contributed by atoms with Gasteiger partial charge in [-0.15, -0.1) is 0 Å². The third-order valence-electron chi connectivity index (χ3n) is 1.37. The molecular weight excluding hydrogens is 236 g/mol. The number of rotatable bonds is 5. The van der Waals surface area contributed by atoms with Crippen molar-refractivity contribution in [1.29, 1.82) is 0 Å². The van der Waals surface area contributed by atoms with Crippen LogP contribution in [0.4, 0.5) is 0 Å². The van der Waals surface area contributed by atoms with Crippen molar-refractivity contribution < 1.29 is 14.2 Å². The molecule has 1 aromatic carbocycles. The summed E-state index contributed by atoms with van der Waals surface area (Å²) in [5.74, 6) is 1.51. The second kappa shape index (κ2) is 5.83. The smallest absolute Gasteiger partial charge is 0.188 e. The molecule has 0 N–H and O–H groups in total. The van der Waals surface area contributed by atoms with Gasteiger partial charge in [0, 0.05) is 13.2 Å². The quantitative estimate of drug-likeness (QED) is 0.590. The van der Waals surface area contributed by atoms with Crippen molar-refractivity contribution >= 4 is 15.9 Å². The molecule has 72 valence electrons. The predicted octanol–water partition coefficient (Wildman–Crippen LogP) is 2.40. The summed E-state index contributed by atoms with van der Waals surface area (Å²) >= 11 is 3.18. The van der Waals surface area contributed by atoms with Crippen LogP contribution in [0.1, 0.15) is 0 Å². The SMILES string of the molecule is COCOc1cccc(OCBr)c1. The summed E-state index contributed by atoms with van der Waals surface area (Å²) in [7, 11) is 1.58. The van der Waals surface area contributed by atoms with Crippen LogP contribution in [0.2, 0.25) is 0 Å². The number of hydrogen-bond acceptors (Lipinski definition) is 3. The molecule has 0 saturated heterocycles. The average molecular weight is 247 g/mol. The van der Waals surface area contributed by atoms with Gasteiger partial charge in [-0.2, -0.15) is 0 Å². The minimum Gasteiger partial charge on any atom is -0.482 e. The molecule has 0 aliphatic rings. The normalized spacial score (nSPS) is 9.69. The number of hydrogen-bond donors (Lipinski definition) is 0. The second-order valence-corrected chi connectivity index (χ2v) is 2.74. The van der Waals surface area contributed by atoms with Gasteiger partial charge in [0.2, 0.25) is 0 Å². The van der Waals surface area contributed by atoms with Crippen LogP contribution in [0.15, 0.2) is 24.3 Å². The highest BCUT2D eigenvalue weighted by Gasteiger charge is 1.96. The fourth-order valence-electron chi connectivity index (χ4n) is 0.844. The molecule has 13 heavy (non-hydrogen) atoms. The van der Waals surface area contributed by atoms with E-state index >= 15 is 0 Å². The first kappa shape index (κ1) is 10.3. The highest BCUT2D eigenvalue weighted by molar-refractivity contribution is 9.09. The van der Waals surface area contributed by atoms with Crippen LogP contribution in [0.5, 0.6) is 11.5 Å². The number of halogens is 1. The standard InChI is InChI=1S/C9H11BrO3/c1-11-7-13-9-4-2-3-8(5-9)12-6-10/h2-5H,6-7H2,1H3. The number of benzene rings is 1. The zero-order chi connectivity index (χ0) is 9.52. The van der Waals surface area contributed by atoms with E-state index in [1.165, 1.54) is 0 Å². The maximum atomic E-state index is 5.22. The number of ether oxygens (including phenoxy) is 3. The van der Waals surface area contributed by atoms with Crippen LogP contribution >= 0.6 is 15.9 Å². The summed E-state index contributed by atoms with van der Waals surface area (Å²) in [4.78, 5) is 0. The van der Waals surface area contributed by atoms with E-state index in [1.807, 2.05) is 18.2 Å².